The van der Waals surface area contributed by atoms with E-state index in [0.29, 0.717) is 5.56 Å². The molecule has 196 valence electrons. The highest BCUT2D eigenvalue weighted by Gasteiger charge is 2.38. The van der Waals surface area contributed by atoms with Gasteiger partial charge in [-0.15, -0.1) is 10.2 Å². The number of amides is 1. The van der Waals surface area contributed by atoms with E-state index in [1.165, 1.54) is 37.4 Å². The number of anilines is 1. The lowest BCUT2D eigenvalue weighted by molar-refractivity contribution is -0.142. The molecule has 1 aromatic heterocycles. The quantitative estimate of drug-likeness (QED) is 0.407. The normalized spacial score (nSPS) is 13.8. The number of carbonyl (C=O) groups is 1. The topological polar surface area (TPSA) is 107 Å². The molecule has 2 aromatic carbocycles. The second-order valence-corrected chi connectivity index (χ2v) is 10.5. The zero-order valence-electron chi connectivity index (χ0n) is 19.8. The van der Waals surface area contributed by atoms with Crippen LogP contribution in [0.4, 0.5) is 23.2 Å². The molecular formula is C24H21F4N3O5S. The third-order valence-corrected chi connectivity index (χ3v) is 6.83. The van der Waals surface area contributed by atoms with Crippen molar-refractivity contribution in [3.8, 4) is 17.4 Å². The lowest BCUT2D eigenvalue weighted by Gasteiger charge is -2.17. The summed E-state index contributed by atoms with van der Waals surface area (Å²) >= 11 is 0. The molecule has 3 aromatic rings. The van der Waals surface area contributed by atoms with E-state index in [1.54, 1.807) is 0 Å². The van der Waals surface area contributed by atoms with Crippen LogP contribution in [0.3, 0.4) is 0 Å². The first kappa shape index (κ1) is 26.3. The lowest BCUT2D eigenvalue weighted by atomic mass is 10.1. The van der Waals surface area contributed by atoms with Crippen LogP contribution in [0.15, 0.2) is 41.3 Å². The van der Waals surface area contributed by atoms with E-state index in [2.05, 4.69) is 15.5 Å². The van der Waals surface area contributed by atoms with Crippen molar-refractivity contribution in [3.05, 3.63) is 64.6 Å². The highest BCUT2D eigenvalue weighted by molar-refractivity contribution is 7.90. The number of rotatable bonds is 7. The van der Waals surface area contributed by atoms with Crippen LogP contribution in [0.25, 0.3) is 0 Å². The molecule has 37 heavy (non-hydrogen) atoms. The van der Waals surface area contributed by atoms with E-state index in [0.717, 1.165) is 32.1 Å². The zero-order chi connectivity index (χ0) is 27.1. The smallest absolute Gasteiger partial charge is 0.435 e. The Kier molecular flexibility index (Phi) is 6.84. The molecule has 0 radical (unpaired) electrons. The average Bonchev–Trinajstić information content (AvgIpc) is 3.63. The maximum absolute atomic E-state index is 15.0. The van der Waals surface area contributed by atoms with Crippen molar-refractivity contribution in [2.45, 2.75) is 36.8 Å². The van der Waals surface area contributed by atoms with Crippen molar-refractivity contribution in [2.75, 3.05) is 18.7 Å². The first-order valence-electron chi connectivity index (χ1n) is 10.9. The summed E-state index contributed by atoms with van der Waals surface area (Å²) in [5.74, 6) is -2.85. The van der Waals surface area contributed by atoms with Crippen LogP contribution in [0.5, 0.6) is 17.4 Å². The summed E-state index contributed by atoms with van der Waals surface area (Å²) in [6.45, 7) is 1.01. The fourth-order valence-electron chi connectivity index (χ4n) is 3.74. The number of halogens is 4. The second-order valence-electron chi connectivity index (χ2n) is 8.48. The Labute approximate surface area is 209 Å². The van der Waals surface area contributed by atoms with Gasteiger partial charge in [0.15, 0.2) is 32.8 Å². The van der Waals surface area contributed by atoms with Crippen LogP contribution < -0.4 is 14.8 Å². The summed E-state index contributed by atoms with van der Waals surface area (Å²) in [5.41, 5.74) is -2.22. The molecule has 0 aliphatic heterocycles. The Morgan fingerprint density at radius 2 is 1.84 bits per heavy atom. The summed E-state index contributed by atoms with van der Waals surface area (Å²) in [4.78, 5) is 13.1. The Morgan fingerprint density at radius 1 is 1.14 bits per heavy atom. The summed E-state index contributed by atoms with van der Waals surface area (Å²) in [5, 5.41) is 9.02. The lowest BCUT2D eigenvalue weighted by Crippen LogP contribution is -2.21. The fourth-order valence-corrected chi connectivity index (χ4v) is 4.41. The maximum Gasteiger partial charge on any atom is 0.435 e. The maximum atomic E-state index is 15.0. The Hall–Kier alpha value is -3.74. The van der Waals surface area contributed by atoms with Crippen LogP contribution in [-0.4, -0.2) is 37.9 Å². The molecule has 1 aliphatic carbocycles. The number of methoxy groups -OCH3 is 1. The average molecular weight is 540 g/mol. The van der Waals surface area contributed by atoms with Gasteiger partial charge >= 0.3 is 6.18 Å². The summed E-state index contributed by atoms with van der Waals surface area (Å²) in [6, 6.07) is 8.02. The zero-order valence-corrected chi connectivity index (χ0v) is 20.6. The molecule has 1 amide bonds. The van der Waals surface area contributed by atoms with Crippen LogP contribution in [0, 0.1) is 12.7 Å². The van der Waals surface area contributed by atoms with Gasteiger partial charge in [-0.3, -0.25) is 4.79 Å². The van der Waals surface area contributed by atoms with Gasteiger partial charge in [-0.2, -0.15) is 13.2 Å². The molecule has 0 unspecified atom stereocenters. The minimum Gasteiger partial charge on any atom is -0.490 e. The molecule has 0 atom stereocenters. The Bertz CT molecular complexity index is 1490. The number of ether oxygens (including phenoxy) is 2. The first-order valence-corrected chi connectivity index (χ1v) is 12.8. The van der Waals surface area contributed by atoms with Crippen molar-refractivity contribution in [2.24, 2.45) is 0 Å². The molecule has 1 aliphatic rings. The highest BCUT2D eigenvalue weighted by atomic mass is 32.2. The molecular weight excluding hydrogens is 518 g/mol. The van der Waals surface area contributed by atoms with E-state index >= 15 is 0 Å². The minimum absolute atomic E-state index is 0.000979. The highest BCUT2D eigenvalue weighted by Crippen LogP contribution is 2.46. The molecule has 0 saturated heterocycles. The molecule has 0 bridgehead atoms. The number of hydrogen-bond donors (Lipinski definition) is 1. The SMILES string of the molecule is COc1c(Oc2nnc(C(F)(F)F)c(C)c2C(=O)Nc2cccc(S(C)(=O)=O)c2)ccc(C2CC2)c1F. The number of benzene rings is 2. The predicted molar refractivity (Wildman–Crippen MR) is 124 cm³/mol. The second kappa shape index (κ2) is 9.61. The van der Waals surface area contributed by atoms with Gasteiger partial charge < -0.3 is 14.8 Å². The van der Waals surface area contributed by atoms with Gasteiger partial charge in [0.2, 0.25) is 0 Å². The summed E-state index contributed by atoms with van der Waals surface area (Å²) in [7, 11) is -2.42. The third kappa shape index (κ3) is 5.50. The summed E-state index contributed by atoms with van der Waals surface area (Å²) < 4.78 is 90.0. The van der Waals surface area contributed by atoms with Crippen molar-refractivity contribution in [3.63, 3.8) is 0 Å². The van der Waals surface area contributed by atoms with Crippen LogP contribution in [0.2, 0.25) is 0 Å². The Balaban J connectivity index is 1.77. The van der Waals surface area contributed by atoms with E-state index in [1.807, 2.05) is 0 Å². The van der Waals surface area contributed by atoms with Crippen molar-refractivity contribution < 1.29 is 40.2 Å². The molecule has 4 rings (SSSR count). The number of nitrogens with one attached hydrogen (secondary N) is 1. The van der Waals surface area contributed by atoms with E-state index in [9.17, 15) is 30.8 Å². The largest absolute Gasteiger partial charge is 0.490 e. The van der Waals surface area contributed by atoms with Gasteiger partial charge in [0.05, 0.1) is 12.0 Å². The fraction of sp³-hybridized carbons (Fsp3) is 0.292. The van der Waals surface area contributed by atoms with E-state index in [4.69, 9.17) is 9.47 Å². The third-order valence-electron chi connectivity index (χ3n) is 5.72. The van der Waals surface area contributed by atoms with Gasteiger partial charge in [0.1, 0.15) is 5.56 Å². The molecule has 1 saturated carbocycles. The molecule has 13 heteroatoms. The van der Waals surface area contributed by atoms with E-state index in [-0.39, 0.29) is 28.0 Å². The number of alkyl halides is 3. The minimum atomic E-state index is -4.93. The van der Waals surface area contributed by atoms with Crippen molar-refractivity contribution in [1.82, 2.24) is 10.2 Å². The Morgan fingerprint density at radius 3 is 2.43 bits per heavy atom. The van der Waals surface area contributed by atoms with Crippen molar-refractivity contribution in [1.29, 1.82) is 0 Å². The number of aromatic nitrogens is 2. The summed E-state index contributed by atoms with van der Waals surface area (Å²) in [6.07, 6.45) is -2.34. The molecule has 1 fully saturated rings. The molecule has 8 nitrogen and oxygen atoms in total. The van der Waals surface area contributed by atoms with Crippen LogP contribution in [-0.2, 0) is 16.0 Å². The number of sulfone groups is 1. The van der Waals surface area contributed by atoms with Gasteiger partial charge in [0, 0.05) is 11.9 Å². The predicted octanol–water partition coefficient (Wildman–Crippen LogP) is 5.28. The molecule has 1 heterocycles. The number of carbonyl (C=O) groups excluding carboxylic acids is 1. The first-order chi connectivity index (χ1) is 17.3. The molecule has 0 spiro atoms. The van der Waals surface area contributed by atoms with Gasteiger partial charge in [-0.05, 0) is 61.1 Å². The van der Waals surface area contributed by atoms with Gasteiger partial charge in [-0.25, -0.2) is 12.8 Å². The van der Waals surface area contributed by atoms with Crippen molar-refractivity contribution >= 4 is 21.4 Å². The van der Waals surface area contributed by atoms with Gasteiger partial charge in [-0.1, -0.05) is 12.1 Å². The molecule has 1 N–H and O–H groups in total. The number of nitrogens with zero attached hydrogens (tertiary/aromatic N) is 2. The standard InChI is InChI=1S/C24H21F4N3O5S/c1-12-18(22(32)29-14-5-4-6-15(11-14)37(3,33)34)23(31-30-21(12)24(26,27)28)36-17-10-9-16(13-7-8-13)19(25)20(17)35-2/h4-6,9-11,13H,7-8H2,1-3H3,(H,29,32). The monoisotopic (exact) mass is 539 g/mol. The number of hydrogen-bond acceptors (Lipinski definition) is 7. The van der Waals surface area contributed by atoms with Crippen LogP contribution >= 0.6 is 0 Å². The van der Waals surface area contributed by atoms with Gasteiger partial charge in [0.25, 0.3) is 11.8 Å². The van der Waals surface area contributed by atoms with E-state index < -0.39 is 50.4 Å². The van der Waals surface area contributed by atoms with Crippen LogP contribution in [0.1, 0.15) is 45.9 Å².